The van der Waals surface area contributed by atoms with E-state index in [2.05, 4.69) is 30.5 Å². The molecule has 0 aliphatic heterocycles. The van der Waals surface area contributed by atoms with Crippen LogP contribution in [0.4, 0.5) is 0 Å². The average Bonchev–Trinajstić information content (AvgIpc) is 2.69. The van der Waals surface area contributed by atoms with Gasteiger partial charge in [-0.1, -0.05) is 13.3 Å². The van der Waals surface area contributed by atoms with Gasteiger partial charge in [0.15, 0.2) is 0 Å². The Morgan fingerprint density at radius 2 is 2.31 bits per heavy atom. The molecule has 3 heteroatoms. The summed E-state index contributed by atoms with van der Waals surface area (Å²) in [4.78, 5) is 0. The van der Waals surface area contributed by atoms with Crippen LogP contribution in [0.25, 0.3) is 0 Å². The number of rotatable bonds is 6. The Balaban J connectivity index is 2.04. The normalized spacial score (nSPS) is 18.4. The summed E-state index contributed by atoms with van der Waals surface area (Å²) in [6.45, 7) is 6.43. The van der Waals surface area contributed by atoms with Crippen molar-refractivity contribution in [3.05, 3.63) is 18.0 Å². The molecule has 2 rings (SSSR count). The van der Waals surface area contributed by atoms with Gasteiger partial charge in [-0.2, -0.15) is 5.10 Å². The highest BCUT2D eigenvalue weighted by Crippen LogP contribution is 2.37. The van der Waals surface area contributed by atoms with Crippen molar-refractivity contribution in [2.75, 3.05) is 6.54 Å². The van der Waals surface area contributed by atoms with Gasteiger partial charge in [-0.05, 0) is 38.6 Å². The van der Waals surface area contributed by atoms with Gasteiger partial charge >= 0.3 is 0 Å². The van der Waals surface area contributed by atoms with Crippen molar-refractivity contribution in [1.82, 2.24) is 15.1 Å². The SMILES string of the molecule is CCCNC(c1cnn(CC)c1)C1CCC1. The van der Waals surface area contributed by atoms with Gasteiger partial charge in [0.1, 0.15) is 0 Å². The van der Waals surface area contributed by atoms with Crippen molar-refractivity contribution >= 4 is 0 Å². The highest BCUT2D eigenvalue weighted by Gasteiger charge is 2.28. The first-order valence-corrected chi connectivity index (χ1v) is 6.60. The van der Waals surface area contributed by atoms with E-state index in [9.17, 15) is 0 Å². The summed E-state index contributed by atoms with van der Waals surface area (Å²) in [5.41, 5.74) is 1.38. The van der Waals surface area contributed by atoms with Crippen molar-refractivity contribution in [1.29, 1.82) is 0 Å². The number of aromatic nitrogens is 2. The van der Waals surface area contributed by atoms with E-state index in [0.717, 1.165) is 19.0 Å². The molecule has 0 radical (unpaired) electrons. The van der Waals surface area contributed by atoms with Gasteiger partial charge in [0.05, 0.1) is 6.20 Å². The van der Waals surface area contributed by atoms with Gasteiger partial charge in [-0.25, -0.2) is 0 Å². The first kappa shape index (κ1) is 11.6. The predicted octanol–water partition coefficient (Wildman–Crippen LogP) is 2.74. The van der Waals surface area contributed by atoms with Crippen LogP contribution in [0.5, 0.6) is 0 Å². The van der Waals surface area contributed by atoms with Crippen molar-refractivity contribution in [2.45, 2.75) is 52.1 Å². The lowest BCUT2D eigenvalue weighted by Crippen LogP contribution is -2.32. The van der Waals surface area contributed by atoms with Gasteiger partial charge in [0, 0.05) is 24.3 Å². The number of aryl methyl sites for hydroxylation is 1. The van der Waals surface area contributed by atoms with Crippen LogP contribution in [0.3, 0.4) is 0 Å². The molecule has 0 spiro atoms. The third-order valence-electron chi connectivity index (χ3n) is 3.57. The molecule has 0 saturated heterocycles. The zero-order valence-electron chi connectivity index (χ0n) is 10.4. The smallest absolute Gasteiger partial charge is 0.0537 e. The molecule has 1 saturated carbocycles. The second-order valence-corrected chi connectivity index (χ2v) is 4.75. The van der Waals surface area contributed by atoms with Crippen LogP contribution < -0.4 is 5.32 Å². The molecule has 3 nitrogen and oxygen atoms in total. The summed E-state index contributed by atoms with van der Waals surface area (Å²) in [5.74, 6) is 0.834. The second kappa shape index (κ2) is 5.48. The number of nitrogens with zero attached hydrogens (tertiary/aromatic N) is 2. The minimum absolute atomic E-state index is 0.536. The first-order chi connectivity index (χ1) is 7.85. The molecule has 1 N–H and O–H groups in total. The van der Waals surface area contributed by atoms with E-state index in [-0.39, 0.29) is 0 Å². The van der Waals surface area contributed by atoms with Gasteiger partial charge in [0.2, 0.25) is 0 Å². The maximum Gasteiger partial charge on any atom is 0.0537 e. The summed E-state index contributed by atoms with van der Waals surface area (Å²) < 4.78 is 2.02. The van der Waals surface area contributed by atoms with Crippen molar-refractivity contribution < 1.29 is 0 Å². The van der Waals surface area contributed by atoms with Crippen LogP contribution in [0, 0.1) is 5.92 Å². The number of hydrogen-bond donors (Lipinski definition) is 1. The Hall–Kier alpha value is -0.830. The quantitative estimate of drug-likeness (QED) is 0.800. The van der Waals surface area contributed by atoms with Gasteiger partial charge in [0.25, 0.3) is 0 Å². The lowest BCUT2D eigenvalue weighted by molar-refractivity contribution is 0.231. The third-order valence-corrected chi connectivity index (χ3v) is 3.57. The highest BCUT2D eigenvalue weighted by molar-refractivity contribution is 5.13. The fraction of sp³-hybridized carbons (Fsp3) is 0.769. The second-order valence-electron chi connectivity index (χ2n) is 4.75. The van der Waals surface area contributed by atoms with Crippen molar-refractivity contribution in [2.24, 2.45) is 5.92 Å². The molecule has 1 aromatic rings. The Labute approximate surface area is 98.2 Å². The van der Waals surface area contributed by atoms with Crippen molar-refractivity contribution in [3.63, 3.8) is 0 Å². The topological polar surface area (TPSA) is 29.9 Å². The molecule has 90 valence electrons. The van der Waals surface area contributed by atoms with E-state index < -0.39 is 0 Å². The monoisotopic (exact) mass is 221 g/mol. The Morgan fingerprint density at radius 3 is 2.81 bits per heavy atom. The van der Waals surface area contributed by atoms with Crippen LogP contribution in [-0.2, 0) is 6.54 Å². The highest BCUT2D eigenvalue weighted by atomic mass is 15.3. The Kier molecular flexibility index (Phi) is 3.99. The number of hydrogen-bond acceptors (Lipinski definition) is 2. The van der Waals surface area contributed by atoms with E-state index in [4.69, 9.17) is 0 Å². The molecular formula is C13H23N3. The lowest BCUT2D eigenvalue weighted by atomic mass is 9.78. The molecule has 1 atom stereocenters. The van der Waals surface area contributed by atoms with Gasteiger partial charge < -0.3 is 5.32 Å². The zero-order chi connectivity index (χ0) is 11.4. The lowest BCUT2D eigenvalue weighted by Gasteiger charge is -2.34. The van der Waals surface area contributed by atoms with E-state index >= 15 is 0 Å². The Bertz CT molecular complexity index is 315. The molecule has 1 aromatic heterocycles. The third kappa shape index (κ3) is 2.46. The molecule has 1 heterocycles. The van der Waals surface area contributed by atoms with Crippen LogP contribution >= 0.6 is 0 Å². The minimum Gasteiger partial charge on any atom is -0.310 e. The van der Waals surface area contributed by atoms with Crippen LogP contribution in [0.15, 0.2) is 12.4 Å². The average molecular weight is 221 g/mol. The van der Waals surface area contributed by atoms with Gasteiger partial charge in [-0.3, -0.25) is 4.68 Å². The van der Waals surface area contributed by atoms with Gasteiger partial charge in [-0.15, -0.1) is 0 Å². The standard InChI is InChI=1S/C13H23N3/c1-3-8-14-13(11-6-5-7-11)12-9-15-16(4-2)10-12/h9-11,13-14H,3-8H2,1-2H3. The predicted molar refractivity (Wildman–Crippen MR) is 66.3 cm³/mol. The van der Waals surface area contributed by atoms with Crippen LogP contribution in [0.2, 0.25) is 0 Å². The maximum atomic E-state index is 4.38. The molecule has 1 aliphatic carbocycles. The van der Waals surface area contributed by atoms with E-state index in [0.29, 0.717) is 6.04 Å². The van der Waals surface area contributed by atoms with E-state index in [1.165, 1.54) is 31.2 Å². The Morgan fingerprint density at radius 1 is 1.50 bits per heavy atom. The molecule has 1 fully saturated rings. The molecule has 0 amide bonds. The molecule has 0 bridgehead atoms. The largest absolute Gasteiger partial charge is 0.310 e. The fourth-order valence-corrected chi connectivity index (χ4v) is 2.34. The minimum atomic E-state index is 0.536. The first-order valence-electron chi connectivity index (χ1n) is 6.60. The summed E-state index contributed by atoms with van der Waals surface area (Å²) >= 11 is 0. The summed E-state index contributed by atoms with van der Waals surface area (Å²) in [5, 5.41) is 8.05. The maximum absolute atomic E-state index is 4.38. The van der Waals surface area contributed by atoms with E-state index in [1.54, 1.807) is 0 Å². The van der Waals surface area contributed by atoms with E-state index in [1.807, 2.05) is 10.9 Å². The van der Waals surface area contributed by atoms with Crippen LogP contribution in [0.1, 0.15) is 51.1 Å². The summed E-state index contributed by atoms with van der Waals surface area (Å²) in [7, 11) is 0. The fourth-order valence-electron chi connectivity index (χ4n) is 2.34. The summed E-state index contributed by atoms with van der Waals surface area (Å²) in [6, 6.07) is 0.536. The molecule has 0 aromatic carbocycles. The zero-order valence-corrected chi connectivity index (χ0v) is 10.4. The molecule has 1 aliphatic rings. The summed E-state index contributed by atoms with van der Waals surface area (Å²) in [6.07, 6.45) is 9.58. The molecular weight excluding hydrogens is 198 g/mol. The van der Waals surface area contributed by atoms with Crippen molar-refractivity contribution in [3.8, 4) is 0 Å². The van der Waals surface area contributed by atoms with Crippen LogP contribution in [-0.4, -0.2) is 16.3 Å². The number of nitrogens with one attached hydrogen (secondary N) is 1. The molecule has 1 unspecified atom stereocenters. The molecule has 16 heavy (non-hydrogen) atoms.